The molecule has 1 rings (SSSR count). The van der Waals surface area contributed by atoms with Gasteiger partial charge in [-0.25, -0.2) is 0 Å². The van der Waals surface area contributed by atoms with E-state index in [2.05, 4.69) is 0 Å². The molecule has 0 saturated heterocycles. The third-order valence-electron chi connectivity index (χ3n) is 2.25. The third kappa shape index (κ3) is 2.88. The van der Waals surface area contributed by atoms with Crippen LogP contribution >= 0.6 is 0 Å². The van der Waals surface area contributed by atoms with E-state index in [1.165, 1.54) is 12.1 Å². The molecule has 0 aliphatic rings. The number of carboxylic acid groups (broad SMARTS) is 2. The topological polar surface area (TPSA) is 118 Å². The molecule has 0 radical (unpaired) electrons. The predicted octanol–water partition coefficient (Wildman–Crippen LogP) is -0.0180. The number of rotatable bonds is 5. The zero-order chi connectivity index (χ0) is 13.0. The largest absolute Gasteiger partial charge is 0.481 e. The van der Waals surface area contributed by atoms with Gasteiger partial charge in [-0.1, -0.05) is 30.3 Å². The Labute approximate surface area is 96.7 Å². The van der Waals surface area contributed by atoms with Gasteiger partial charge in [-0.05, 0) is 0 Å². The van der Waals surface area contributed by atoms with Crippen LogP contribution in [0.5, 0.6) is 0 Å². The number of carbonyl (C=O) groups excluding carboxylic acids is 1. The summed E-state index contributed by atoms with van der Waals surface area (Å²) in [6.07, 6.45) is 0. The van der Waals surface area contributed by atoms with Crippen molar-refractivity contribution in [3.05, 3.63) is 35.9 Å². The molecule has 2 atom stereocenters. The molecule has 4 N–H and O–H groups in total. The average molecular weight is 237 g/mol. The van der Waals surface area contributed by atoms with Crippen molar-refractivity contribution < 1.29 is 24.6 Å². The van der Waals surface area contributed by atoms with Crippen LogP contribution in [0.1, 0.15) is 10.4 Å². The fourth-order valence-corrected chi connectivity index (χ4v) is 1.35. The maximum absolute atomic E-state index is 11.8. The highest BCUT2D eigenvalue weighted by molar-refractivity contribution is 6.11. The molecule has 0 spiro atoms. The maximum atomic E-state index is 11.8. The fraction of sp³-hybridized carbons (Fsp3) is 0.182. The van der Waals surface area contributed by atoms with Crippen molar-refractivity contribution in [2.75, 3.05) is 0 Å². The molecule has 1 aromatic rings. The Balaban J connectivity index is 3.05. The summed E-state index contributed by atoms with van der Waals surface area (Å²) in [6.45, 7) is 0. The maximum Gasteiger partial charge on any atom is 0.321 e. The Morgan fingerprint density at radius 1 is 1.00 bits per heavy atom. The molecular weight excluding hydrogens is 226 g/mol. The summed E-state index contributed by atoms with van der Waals surface area (Å²) >= 11 is 0. The third-order valence-corrected chi connectivity index (χ3v) is 2.25. The monoisotopic (exact) mass is 237 g/mol. The van der Waals surface area contributed by atoms with Gasteiger partial charge in [0.2, 0.25) is 0 Å². The van der Waals surface area contributed by atoms with Gasteiger partial charge in [0.25, 0.3) is 0 Å². The number of nitrogens with two attached hydrogens (primary N) is 1. The van der Waals surface area contributed by atoms with E-state index in [-0.39, 0.29) is 5.56 Å². The molecule has 17 heavy (non-hydrogen) atoms. The summed E-state index contributed by atoms with van der Waals surface area (Å²) < 4.78 is 0. The Bertz CT molecular complexity index is 442. The van der Waals surface area contributed by atoms with Crippen molar-refractivity contribution in [2.24, 2.45) is 11.7 Å². The highest BCUT2D eigenvalue weighted by atomic mass is 16.4. The van der Waals surface area contributed by atoms with Gasteiger partial charge in [0.1, 0.15) is 12.0 Å². The first-order chi connectivity index (χ1) is 7.95. The molecule has 0 amide bonds. The molecule has 0 aliphatic heterocycles. The van der Waals surface area contributed by atoms with Gasteiger partial charge in [0.15, 0.2) is 5.78 Å². The Morgan fingerprint density at radius 3 is 1.94 bits per heavy atom. The lowest BCUT2D eigenvalue weighted by molar-refractivity contribution is -0.148. The van der Waals surface area contributed by atoms with Gasteiger partial charge < -0.3 is 15.9 Å². The molecule has 6 nitrogen and oxygen atoms in total. The molecule has 0 fully saturated rings. The van der Waals surface area contributed by atoms with Crippen molar-refractivity contribution >= 4 is 17.7 Å². The van der Waals surface area contributed by atoms with Gasteiger partial charge in [-0.2, -0.15) is 0 Å². The van der Waals surface area contributed by atoms with Crippen LogP contribution in [0.2, 0.25) is 0 Å². The van der Waals surface area contributed by atoms with E-state index in [1.807, 2.05) is 0 Å². The second kappa shape index (κ2) is 5.22. The van der Waals surface area contributed by atoms with Crippen molar-refractivity contribution in [3.8, 4) is 0 Å². The molecule has 1 aromatic carbocycles. The minimum absolute atomic E-state index is 0.122. The number of Topliss-reactive ketones (excluding diaryl/α,β-unsaturated/α-hetero) is 1. The van der Waals surface area contributed by atoms with Gasteiger partial charge in [-0.15, -0.1) is 0 Å². The van der Waals surface area contributed by atoms with Crippen LogP contribution in [0.3, 0.4) is 0 Å². The van der Waals surface area contributed by atoms with E-state index in [0.717, 1.165) is 0 Å². The lowest BCUT2D eigenvalue weighted by Crippen LogP contribution is -2.46. The number of hydrogen-bond acceptors (Lipinski definition) is 4. The molecule has 0 heterocycles. The van der Waals surface area contributed by atoms with Crippen LogP contribution in [-0.2, 0) is 9.59 Å². The minimum Gasteiger partial charge on any atom is -0.481 e. The van der Waals surface area contributed by atoms with E-state index < -0.39 is 29.7 Å². The summed E-state index contributed by atoms with van der Waals surface area (Å²) in [5, 5.41) is 17.5. The Hall–Kier alpha value is -2.21. The molecule has 0 aliphatic carbocycles. The first kappa shape index (κ1) is 12.9. The summed E-state index contributed by atoms with van der Waals surface area (Å²) in [5.74, 6) is -5.67. The predicted molar refractivity (Wildman–Crippen MR) is 57.5 cm³/mol. The van der Waals surface area contributed by atoms with Gasteiger partial charge in [-0.3, -0.25) is 14.4 Å². The number of carboxylic acids is 2. The van der Waals surface area contributed by atoms with E-state index in [9.17, 15) is 14.4 Å². The fourth-order valence-electron chi connectivity index (χ4n) is 1.35. The zero-order valence-electron chi connectivity index (χ0n) is 8.74. The number of hydrogen-bond donors (Lipinski definition) is 3. The van der Waals surface area contributed by atoms with E-state index in [1.54, 1.807) is 18.2 Å². The summed E-state index contributed by atoms with van der Waals surface area (Å²) in [5.41, 5.74) is 5.32. The number of ketones is 1. The normalized spacial score (nSPS) is 13.7. The van der Waals surface area contributed by atoms with Crippen molar-refractivity contribution in [1.82, 2.24) is 0 Å². The number of benzene rings is 1. The quantitative estimate of drug-likeness (QED) is 0.489. The smallest absolute Gasteiger partial charge is 0.321 e. The van der Waals surface area contributed by atoms with Gasteiger partial charge in [0, 0.05) is 5.56 Å². The standard InChI is InChI=1S/C11H11NO5/c12-8(11(16)17)7(10(14)15)9(13)6-4-2-1-3-5-6/h1-5,7-8H,12H2,(H,14,15)(H,16,17)/t7?,8-/m0/s1. The molecule has 0 saturated carbocycles. The lowest BCUT2D eigenvalue weighted by Gasteiger charge is -2.15. The Morgan fingerprint density at radius 2 is 1.53 bits per heavy atom. The minimum atomic E-state index is -1.78. The van der Waals surface area contributed by atoms with Crippen molar-refractivity contribution in [3.63, 3.8) is 0 Å². The summed E-state index contributed by atoms with van der Waals surface area (Å²) in [4.78, 5) is 33.3. The zero-order valence-corrected chi connectivity index (χ0v) is 8.74. The average Bonchev–Trinajstić information content (AvgIpc) is 2.29. The molecular formula is C11H11NO5. The number of aliphatic carboxylic acids is 2. The highest BCUT2D eigenvalue weighted by Gasteiger charge is 2.37. The first-order valence-electron chi connectivity index (χ1n) is 4.75. The molecule has 6 heteroatoms. The van der Waals surface area contributed by atoms with Gasteiger partial charge in [0.05, 0.1) is 0 Å². The molecule has 1 unspecified atom stereocenters. The van der Waals surface area contributed by atoms with Crippen LogP contribution in [0.15, 0.2) is 30.3 Å². The first-order valence-corrected chi connectivity index (χ1v) is 4.75. The molecule has 0 bridgehead atoms. The summed E-state index contributed by atoms with van der Waals surface area (Å²) in [6, 6.07) is 5.82. The van der Waals surface area contributed by atoms with Crippen molar-refractivity contribution in [1.29, 1.82) is 0 Å². The second-order valence-electron chi connectivity index (χ2n) is 3.41. The Kier molecular flexibility index (Phi) is 3.95. The van der Waals surface area contributed by atoms with Crippen LogP contribution < -0.4 is 5.73 Å². The van der Waals surface area contributed by atoms with E-state index >= 15 is 0 Å². The lowest BCUT2D eigenvalue weighted by atomic mass is 9.91. The number of carbonyl (C=O) groups is 3. The summed E-state index contributed by atoms with van der Waals surface area (Å²) in [7, 11) is 0. The van der Waals surface area contributed by atoms with Crippen molar-refractivity contribution in [2.45, 2.75) is 6.04 Å². The van der Waals surface area contributed by atoms with E-state index in [0.29, 0.717) is 0 Å². The SMILES string of the molecule is N[C@H](C(=O)O)C(C(=O)O)C(=O)c1ccccc1. The molecule has 90 valence electrons. The van der Waals surface area contributed by atoms with Crippen LogP contribution in [0.25, 0.3) is 0 Å². The second-order valence-corrected chi connectivity index (χ2v) is 3.41. The van der Waals surface area contributed by atoms with Crippen LogP contribution in [0, 0.1) is 5.92 Å². The van der Waals surface area contributed by atoms with E-state index in [4.69, 9.17) is 15.9 Å². The van der Waals surface area contributed by atoms with Gasteiger partial charge >= 0.3 is 11.9 Å². The van der Waals surface area contributed by atoms with Crippen LogP contribution in [0.4, 0.5) is 0 Å². The highest BCUT2D eigenvalue weighted by Crippen LogP contribution is 2.12. The molecule has 0 aromatic heterocycles. The van der Waals surface area contributed by atoms with Crippen LogP contribution in [-0.4, -0.2) is 34.0 Å².